The molecule has 4 rings (SSSR count). The highest BCUT2D eigenvalue weighted by Gasteiger charge is 2.28. The molecule has 0 N–H and O–H groups in total. The minimum atomic E-state index is -0.0867. The minimum Gasteiger partial charge on any atom is -0.493 e. The molecule has 1 aliphatic carbocycles. The summed E-state index contributed by atoms with van der Waals surface area (Å²) in [5.74, 6) is 2.61. The smallest absolute Gasteiger partial charge is 0.261 e. The Hall–Kier alpha value is -2.82. The molecule has 0 bridgehead atoms. The molecule has 1 heterocycles. The lowest BCUT2D eigenvalue weighted by atomic mass is 9.94. The molecule has 0 atom stereocenters. The van der Waals surface area contributed by atoms with E-state index in [0.717, 1.165) is 34.8 Å². The maximum absolute atomic E-state index is 13.2. The summed E-state index contributed by atoms with van der Waals surface area (Å²) in [5, 5.41) is 4.12. The van der Waals surface area contributed by atoms with Crippen molar-refractivity contribution >= 4 is 28.5 Å². The molecule has 2 aromatic carbocycles. The molecular weight excluding hydrogens is 549 g/mol. The number of carbonyl (C=O) groups excluding carboxylic acids is 1. The fourth-order valence-corrected chi connectivity index (χ4v) is 4.49. The maximum Gasteiger partial charge on any atom is 0.261 e. The molecule has 3 aromatic rings. The van der Waals surface area contributed by atoms with Crippen LogP contribution in [0.25, 0.3) is 11.4 Å². The standard InChI is InChI=1S/C25H28IN3O5/c1-31-21-13-8-17(14-22(21)32-2)25-27-23(34-28-25)15-29(19-6-4-3-5-7-19)24(30)16-33-20-11-9-18(26)10-12-20/h8-14,19H,3-7,15-16H2,1-2H3. The first kappa shape index (κ1) is 24.3. The molecule has 9 heteroatoms. The van der Waals surface area contributed by atoms with Gasteiger partial charge in [-0.2, -0.15) is 4.98 Å². The fraction of sp³-hybridized carbons (Fsp3) is 0.400. The molecule has 180 valence electrons. The molecule has 0 unspecified atom stereocenters. The summed E-state index contributed by atoms with van der Waals surface area (Å²) in [7, 11) is 3.16. The van der Waals surface area contributed by atoms with Gasteiger partial charge in [0.15, 0.2) is 18.1 Å². The number of hydrogen-bond acceptors (Lipinski definition) is 7. The van der Waals surface area contributed by atoms with Gasteiger partial charge in [-0.25, -0.2) is 0 Å². The van der Waals surface area contributed by atoms with Gasteiger partial charge in [-0.05, 0) is 77.9 Å². The molecule has 0 aliphatic heterocycles. The molecule has 1 aromatic heterocycles. The van der Waals surface area contributed by atoms with Crippen molar-refractivity contribution < 1.29 is 23.5 Å². The zero-order valence-electron chi connectivity index (χ0n) is 19.3. The Morgan fingerprint density at radius 3 is 2.50 bits per heavy atom. The van der Waals surface area contributed by atoms with Gasteiger partial charge in [0.2, 0.25) is 11.7 Å². The van der Waals surface area contributed by atoms with Crippen LogP contribution in [0.3, 0.4) is 0 Å². The lowest BCUT2D eigenvalue weighted by Crippen LogP contribution is -2.43. The Labute approximate surface area is 212 Å². The van der Waals surface area contributed by atoms with Gasteiger partial charge in [0, 0.05) is 15.2 Å². The van der Waals surface area contributed by atoms with Crippen molar-refractivity contribution in [3.05, 3.63) is 51.9 Å². The third kappa shape index (κ3) is 5.99. The van der Waals surface area contributed by atoms with E-state index in [9.17, 15) is 4.79 Å². The van der Waals surface area contributed by atoms with Crippen molar-refractivity contribution in [2.45, 2.75) is 44.7 Å². The van der Waals surface area contributed by atoms with E-state index < -0.39 is 0 Å². The van der Waals surface area contributed by atoms with Gasteiger partial charge in [-0.1, -0.05) is 24.4 Å². The third-order valence-corrected chi connectivity index (χ3v) is 6.65. The predicted molar refractivity (Wildman–Crippen MR) is 135 cm³/mol. The molecule has 1 aliphatic rings. The SMILES string of the molecule is COc1ccc(-c2noc(CN(C(=O)COc3ccc(I)cc3)C3CCCCC3)n2)cc1OC. The number of amides is 1. The minimum absolute atomic E-state index is 0.0340. The van der Waals surface area contributed by atoms with Crippen LogP contribution in [0.4, 0.5) is 0 Å². The summed E-state index contributed by atoms with van der Waals surface area (Å²) in [6, 6.07) is 13.2. The molecular formula is C25H28IN3O5. The highest BCUT2D eigenvalue weighted by atomic mass is 127. The van der Waals surface area contributed by atoms with E-state index in [1.165, 1.54) is 6.42 Å². The van der Waals surface area contributed by atoms with E-state index in [1.807, 2.05) is 35.2 Å². The van der Waals surface area contributed by atoms with E-state index in [2.05, 4.69) is 32.7 Å². The van der Waals surface area contributed by atoms with Gasteiger partial charge in [-0.3, -0.25) is 4.79 Å². The number of rotatable bonds is 9. The molecule has 0 radical (unpaired) electrons. The van der Waals surface area contributed by atoms with Gasteiger partial charge in [-0.15, -0.1) is 0 Å². The molecule has 1 saturated carbocycles. The first-order valence-corrected chi connectivity index (χ1v) is 12.4. The Morgan fingerprint density at radius 2 is 1.79 bits per heavy atom. The lowest BCUT2D eigenvalue weighted by molar-refractivity contribution is -0.137. The summed E-state index contributed by atoms with van der Waals surface area (Å²) in [6.07, 6.45) is 5.33. The fourth-order valence-electron chi connectivity index (χ4n) is 4.13. The van der Waals surface area contributed by atoms with Gasteiger partial charge >= 0.3 is 0 Å². The number of benzene rings is 2. The van der Waals surface area contributed by atoms with E-state index >= 15 is 0 Å². The Kier molecular flexibility index (Phi) is 8.25. The Balaban J connectivity index is 1.48. The molecule has 1 fully saturated rings. The van der Waals surface area contributed by atoms with Crippen molar-refractivity contribution in [2.24, 2.45) is 0 Å². The molecule has 1 amide bonds. The van der Waals surface area contributed by atoms with Crippen LogP contribution in [0.1, 0.15) is 38.0 Å². The number of ether oxygens (including phenoxy) is 3. The van der Waals surface area contributed by atoms with Crippen LogP contribution >= 0.6 is 22.6 Å². The monoisotopic (exact) mass is 577 g/mol. The molecule has 0 saturated heterocycles. The van der Waals surface area contributed by atoms with Crippen LogP contribution in [0, 0.1) is 3.57 Å². The maximum atomic E-state index is 13.2. The Bertz CT molecular complexity index is 1100. The van der Waals surface area contributed by atoms with Gasteiger partial charge < -0.3 is 23.6 Å². The van der Waals surface area contributed by atoms with Gasteiger partial charge in [0.1, 0.15) is 12.3 Å². The van der Waals surface area contributed by atoms with E-state index in [4.69, 9.17) is 18.7 Å². The number of nitrogens with zero attached hydrogens (tertiary/aromatic N) is 3. The summed E-state index contributed by atoms with van der Waals surface area (Å²) in [4.78, 5) is 19.6. The van der Waals surface area contributed by atoms with E-state index in [1.54, 1.807) is 26.4 Å². The number of carbonyl (C=O) groups is 1. The quantitative estimate of drug-likeness (QED) is 0.327. The predicted octanol–water partition coefficient (Wildman–Crippen LogP) is 5.10. The van der Waals surface area contributed by atoms with Crippen LogP contribution in [0.5, 0.6) is 17.2 Å². The summed E-state index contributed by atoms with van der Waals surface area (Å²) in [6.45, 7) is 0.216. The summed E-state index contributed by atoms with van der Waals surface area (Å²) < 4.78 is 23.1. The average Bonchev–Trinajstić information content (AvgIpc) is 3.35. The topological polar surface area (TPSA) is 86.9 Å². The highest BCUT2D eigenvalue weighted by Crippen LogP contribution is 2.31. The molecule has 34 heavy (non-hydrogen) atoms. The largest absolute Gasteiger partial charge is 0.493 e. The Morgan fingerprint density at radius 1 is 1.06 bits per heavy atom. The highest BCUT2D eigenvalue weighted by molar-refractivity contribution is 14.1. The van der Waals surface area contributed by atoms with Crippen molar-refractivity contribution in [3.63, 3.8) is 0 Å². The van der Waals surface area contributed by atoms with Crippen molar-refractivity contribution in [1.29, 1.82) is 0 Å². The second-order valence-electron chi connectivity index (χ2n) is 8.14. The number of methoxy groups -OCH3 is 2. The summed E-state index contributed by atoms with van der Waals surface area (Å²) in [5.41, 5.74) is 0.741. The van der Waals surface area contributed by atoms with Crippen LogP contribution in [0.15, 0.2) is 47.0 Å². The van der Waals surface area contributed by atoms with Crippen LogP contribution in [-0.4, -0.2) is 47.8 Å². The molecule has 0 spiro atoms. The molecule has 8 nitrogen and oxygen atoms in total. The van der Waals surface area contributed by atoms with E-state index in [-0.39, 0.29) is 25.1 Å². The van der Waals surface area contributed by atoms with Gasteiger partial charge in [0.05, 0.1) is 14.2 Å². The first-order chi connectivity index (χ1) is 16.6. The van der Waals surface area contributed by atoms with Crippen LogP contribution < -0.4 is 14.2 Å². The van der Waals surface area contributed by atoms with Crippen molar-refractivity contribution in [2.75, 3.05) is 20.8 Å². The van der Waals surface area contributed by atoms with Crippen molar-refractivity contribution in [1.82, 2.24) is 15.0 Å². The zero-order chi connectivity index (χ0) is 23.9. The van der Waals surface area contributed by atoms with Gasteiger partial charge in [0.25, 0.3) is 5.91 Å². The van der Waals surface area contributed by atoms with E-state index in [0.29, 0.717) is 29.0 Å². The van der Waals surface area contributed by atoms with Crippen LogP contribution in [0.2, 0.25) is 0 Å². The second-order valence-corrected chi connectivity index (χ2v) is 9.38. The number of aromatic nitrogens is 2. The first-order valence-electron chi connectivity index (χ1n) is 11.3. The lowest BCUT2D eigenvalue weighted by Gasteiger charge is -2.33. The normalized spacial score (nSPS) is 14.0. The number of halogens is 1. The number of hydrogen-bond donors (Lipinski definition) is 0. The second kappa shape index (κ2) is 11.5. The van der Waals surface area contributed by atoms with Crippen LogP contribution in [-0.2, 0) is 11.3 Å². The summed E-state index contributed by atoms with van der Waals surface area (Å²) >= 11 is 2.24. The third-order valence-electron chi connectivity index (χ3n) is 5.93. The zero-order valence-corrected chi connectivity index (χ0v) is 21.5. The average molecular weight is 577 g/mol. The van der Waals surface area contributed by atoms with Crippen molar-refractivity contribution in [3.8, 4) is 28.6 Å².